The predicted molar refractivity (Wildman–Crippen MR) is 53.6 cm³/mol. The van der Waals surface area contributed by atoms with E-state index in [-0.39, 0.29) is 0 Å². The smallest absolute Gasteiger partial charge is 0.273 e. The first kappa shape index (κ1) is 8.97. The highest BCUT2D eigenvalue weighted by molar-refractivity contribution is 7.13. The summed E-state index contributed by atoms with van der Waals surface area (Å²) in [5.74, 6) is 0. The maximum absolute atomic E-state index is 5.13. The van der Waals surface area contributed by atoms with E-state index in [1.54, 1.807) is 18.4 Å². The number of likely N-dealkylation sites (N-methyl/N-ethyl adjacent to an activating group) is 1. The van der Waals surface area contributed by atoms with Gasteiger partial charge in [-0.25, -0.2) is 4.98 Å². The summed E-state index contributed by atoms with van der Waals surface area (Å²) >= 11 is 1.69. The van der Waals surface area contributed by atoms with Gasteiger partial charge in [0, 0.05) is 24.4 Å². The lowest BCUT2D eigenvalue weighted by Gasteiger charge is -2.10. The van der Waals surface area contributed by atoms with Crippen molar-refractivity contribution in [3.05, 3.63) is 10.6 Å². The summed E-state index contributed by atoms with van der Waals surface area (Å²) in [6.07, 6.45) is 2.18. The molecule has 4 heteroatoms. The van der Waals surface area contributed by atoms with Crippen LogP contribution in [0.4, 0.5) is 0 Å². The third-order valence-electron chi connectivity index (χ3n) is 2.38. The van der Waals surface area contributed by atoms with Crippen LogP contribution in [0.3, 0.4) is 0 Å². The van der Waals surface area contributed by atoms with Crippen molar-refractivity contribution in [3.63, 3.8) is 0 Å². The Bertz CT molecular complexity index is 272. The van der Waals surface area contributed by atoms with Crippen LogP contribution in [-0.4, -0.2) is 37.1 Å². The molecule has 0 saturated carbocycles. The van der Waals surface area contributed by atoms with Crippen molar-refractivity contribution in [3.8, 4) is 5.19 Å². The molecule has 0 bridgehead atoms. The third-order valence-corrected chi connectivity index (χ3v) is 3.50. The molecule has 0 N–H and O–H groups in total. The highest BCUT2D eigenvalue weighted by Gasteiger charge is 2.16. The van der Waals surface area contributed by atoms with Gasteiger partial charge in [0.25, 0.3) is 5.19 Å². The van der Waals surface area contributed by atoms with Gasteiger partial charge in [-0.2, -0.15) is 0 Å². The molecule has 1 aliphatic rings. The Balaban J connectivity index is 2.21. The average molecular weight is 198 g/mol. The highest BCUT2D eigenvalue weighted by Crippen LogP contribution is 2.27. The lowest BCUT2D eigenvalue weighted by molar-refractivity contribution is 0.351. The first-order valence-corrected chi connectivity index (χ1v) is 5.32. The van der Waals surface area contributed by atoms with E-state index in [0.717, 1.165) is 31.1 Å². The van der Waals surface area contributed by atoms with Gasteiger partial charge >= 0.3 is 0 Å². The van der Waals surface area contributed by atoms with Gasteiger partial charge in [-0.05, 0) is 13.5 Å². The van der Waals surface area contributed by atoms with Gasteiger partial charge in [-0.3, -0.25) is 0 Å². The maximum Gasteiger partial charge on any atom is 0.273 e. The van der Waals surface area contributed by atoms with E-state index in [9.17, 15) is 0 Å². The Labute approximate surface area is 82.3 Å². The zero-order chi connectivity index (χ0) is 9.26. The molecule has 2 heterocycles. The van der Waals surface area contributed by atoms with Gasteiger partial charge in [-0.15, -0.1) is 0 Å². The number of aromatic nitrogens is 1. The Morgan fingerprint density at radius 2 is 2.15 bits per heavy atom. The molecule has 0 aliphatic carbocycles. The lowest BCUT2D eigenvalue weighted by atomic mass is 10.2. The number of rotatable bonds is 1. The number of hydrogen-bond donors (Lipinski definition) is 0. The van der Waals surface area contributed by atoms with E-state index in [2.05, 4.69) is 16.9 Å². The number of methoxy groups -OCH3 is 1. The number of ether oxygens (including phenoxy) is 1. The van der Waals surface area contributed by atoms with Crippen LogP contribution in [0.15, 0.2) is 0 Å². The number of fused-ring (bicyclic) bond motifs is 1. The fraction of sp³-hybridized carbons (Fsp3) is 0.667. The molecule has 1 aromatic rings. The normalized spacial score (nSPS) is 18.0. The van der Waals surface area contributed by atoms with Gasteiger partial charge in [0.1, 0.15) is 0 Å². The summed E-state index contributed by atoms with van der Waals surface area (Å²) in [6, 6.07) is 0. The second-order valence-corrected chi connectivity index (χ2v) is 4.40. The summed E-state index contributed by atoms with van der Waals surface area (Å²) in [5.41, 5.74) is 1.24. The topological polar surface area (TPSA) is 25.4 Å². The van der Waals surface area contributed by atoms with Crippen molar-refractivity contribution in [1.82, 2.24) is 9.88 Å². The summed E-state index contributed by atoms with van der Waals surface area (Å²) < 4.78 is 5.13. The predicted octanol–water partition coefficient (Wildman–Crippen LogP) is 1.18. The minimum atomic E-state index is 0.814. The number of thiazole rings is 1. The standard InChI is InChI=1S/C9H14N2OS/c1-11-5-3-7-8(4-6-11)13-9(10-7)12-2/h3-6H2,1-2H3. The van der Waals surface area contributed by atoms with E-state index in [1.807, 2.05) is 0 Å². The van der Waals surface area contributed by atoms with Crippen molar-refractivity contribution >= 4 is 11.3 Å². The zero-order valence-corrected chi connectivity index (χ0v) is 8.86. The minimum absolute atomic E-state index is 0.814. The highest BCUT2D eigenvalue weighted by atomic mass is 32.1. The van der Waals surface area contributed by atoms with E-state index >= 15 is 0 Å². The molecule has 72 valence electrons. The molecule has 0 amide bonds. The lowest BCUT2D eigenvalue weighted by Crippen LogP contribution is -2.20. The molecule has 2 rings (SSSR count). The molecular weight excluding hydrogens is 184 g/mol. The average Bonchev–Trinajstić information content (AvgIpc) is 2.47. The first-order chi connectivity index (χ1) is 6.29. The van der Waals surface area contributed by atoms with Gasteiger partial charge in [0.15, 0.2) is 0 Å². The van der Waals surface area contributed by atoms with E-state index < -0.39 is 0 Å². The Hall–Kier alpha value is -0.610. The Morgan fingerprint density at radius 3 is 2.92 bits per heavy atom. The second-order valence-electron chi connectivity index (χ2n) is 3.36. The molecule has 1 aromatic heterocycles. The van der Waals surface area contributed by atoms with Crippen LogP contribution in [-0.2, 0) is 12.8 Å². The number of hydrogen-bond acceptors (Lipinski definition) is 4. The summed E-state index contributed by atoms with van der Waals surface area (Å²) in [6.45, 7) is 2.25. The van der Waals surface area contributed by atoms with Gasteiger partial charge in [0.2, 0.25) is 0 Å². The fourth-order valence-electron chi connectivity index (χ4n) is 1.54. The first-order valence-electron chi connectivity index (χ1n) is 4.50. The van der Waals surface area contributed by atoms with Crippen LogP contribution in [0.5, 0.6) is 5.19 Å². The molecule has 1 aliphatic heterocycles. The largest absolute Gasteiger partial charge is 0.473 e. The van der Waals surface area contributed by atoms with Crippen molar-refractivity contribution in [1.29, 1.82) is 0 Å². The molecule has 0 atom stereocenters. The molecule has 13 heavy (non-hydrogen) atoms. The Morgan fingerprint density at radius 1 is 1.38 bits per heavy atom. The van der Waals surface area contributed by atoms with Crippen LogP contribution in [0.25, 0.3) is 0 Å². The monoisotopic (exact) mass is 198 g/mol. The molecule has 0 fully saturated rings. The Kier molecular flexibility index (Phi) is 2.51. The molecule has 0 aromatic carbocycles. The summed E-state index contributed by atoms with van der Waals surface area (Å²) in [7, 11) is 3.85. The van der Waals surface area contributed by atoms with Crippen molar-refractivity contribution < 1.29 is 4.74 Å². The van der Waals surface area contributed by atoms with E-state index in [0.29, 0.717) is 0 Å². The van der Waals surface area contributed by atoms with Crippen LogP contribution in [0, 0.1) is 0 Å². The zero-order valence-electron chi connectivity index (χ0n) is 8.04. The van der Waals surface area contributed by atoms with Crippen molar-refractivity contribution in [2.45, 2.75) is 12.8 Å². The second kappa shape index (κ2) is 3.64. The SMILES string of the molecule is COc1nc2c(s1)CCN(C)CC2. The molecular formula is C9H14N2OS. The minimum Gasteiger partial charge on any atom is -0.473 e. The van der Waals surface area contributed by atoms with Gasteiger partial charge < -0.3 is 9.64 Å². The fourth-order valence-corrected chi connectivity index (χ4v) is 2.45. The molecule has 0 radical (unpaired) electrons. The van der Waals surface area contributed by atoms with Gasteiger partial charge in [-0.1, -0.05) is 11.3 Å². The number of nitrogens with zero attached hydrogens (tertiary/aromatic N) is 2. The van der Waals surface area contributed by atoms with Crippen LogP contribution >= 0.6 is 11.3 Å². The molecule has 0 spiro atoms. The summed E-state index contributed by atoms with van der Waals surface area (Å²) in [5, 5.41) is 0.814. The maximum atomic E-state index is 5.13. The van der Waals surface area contributed by atoms with Crippen molar-refractivity contribution in [2.24, 2.45) is 0 Å². The molecule has 0 unspecified atom stereocenters. The van der Waals surface area contributed by atoms with Crippen LogP contribution < -0.4 is 4.74 Å². The quantitative estimate of drug-likeness (QED) is 0.677. The third kappa shape index (κ3) is 1.84. The van der Waals surface area contributed by atoms with Crippen LogP contribution in [0.1, 0.15) is 10.6 Å². The van der Waals surface area contributed by atoms with E-state index in [4.69, 9.17) is 4.74 Å². The van der Waals surface area contributed by atoms with Crippen LogP contribution in [0.2, 0.25) is 0 Å². The molecule has 0 saturated heterocycles. The van der Waals surface area contributed by atoms with Crippen molar-refractivity contribution in [2.75, 3.05) is 27.2 Å². The van der Waals surface area contributed by atoms with E-state index in [1.165, 1.54) is 10.6 Å². The summed E-state index contributed by atoms with van der Waals surface area (Å²) in [4.78, 5) is 8.19. The van der Waals surface area contributed by atoms with Gasteiger partial charge in [0.05, 0.1) is 12.8 Å². The molecule has 3 nitrogen and oxygen atoms in total.